The predicted octanol–water partition coefficient (Wildman–Crippen LogP) is 2.92. The van der Waals surface area contributed by atoms with Gasteiger partial charge in [-0.1, -0.05) is 18.2 Å². The summed E-state index contributed by atoms with van der Waals surface area (Å²) in [6.07, 6.45) is 7.65. The van der Waals surface area contributed by atoms with Gasteiger partial charge in [-0.2, -0.15) is 0 Å². The van der Waals surface area contributed by atoms with Gasteiger partial charge in [-0.3, -0.25) is 0 Å². The van der Waals surface area contributed by atoms with Crippen LogP contribution in [-0.2, 0) is 9.47 Å². The second kappa shape index (κ2) is 8.09. The first-order valence-corrected chi connectivity index (χ1v) is 7.72. The minimum absolute atomic E-state index is 0.282. The molecule has 1 atom stereocenters. The Labute approximate surface area is 147 Å². The molecule has 1 aromatic rings. The van der Waals surface area contributed by atoms with Crippen LogP contribution in [0.4, 0.5) is 0 Å². The average molecular weight is 348 g/mol. The number of aliphatic hydroxyl groups is 1. The van der Waals surface area contributed by atoms with Crippen molar-refractivity contribution in [3.63, 3.8) is 0 Å². The highest BCUT2D eigenvalue weighted by atomic mass is 16.6. The monoisotopic (exact) mass is 348 g/mol. The highest BCUT2D eigenvalue weighted by Crippen LogP contribution is 2.39. The Morgan fingerprint density at radius 3 is 2.00 bits per heavy atom. The number of methoxy groups -OCH3 is 5. The first-order chi connectivity index (χ1) is 12.0. The van der Waals surface area contributed by atoms with Crippen molar-refractivity contribution in [1.82, 2.24) is 0 Å². The summed E-state index contributed by atoms with van der Waals surface area (Å²) in [4.78, 5) is 0. The Morgan fingerprint density at radius 2 is 1.52 bits per heavy atom. The number of allylic oxidation sites excluding steroid dienone is 3. The molecular formula is C19H24O6. The van der Waals surface area contributed by atoms with Crippen LogP contribution in [0.1, 0.15) is 12.0 Å². The van der Waals surface area contributed by atoms with Crippen LogP contribution < -0.4 is 14.2 Å². The fourth-order valence-corrected chi connectivity index (χ4v) is 2.65. The smallest absolute Gasteiger partial charge is 0.229 e. The zero-order valence-corrected chi connectivity index (χ0v) is 15.2. The van der Waals surface area contributed by atoms with Crippen molar-refractivity contribution in [2.75, 3.05) is 35.5 Å². The van der Waals surface area contributed by atoms with E-state index in [0.29, 0.717) is 23.0 Å². The molecule has 2 rings (SSSR count). The van der Waals surface area contributed by atoms with E-state index < -0.39 is 5.79 Å². The minimum Gasteiger partial charge on any atom is -0.495 e. The Kier molecular flexibility index (Phi) is 6.12. The van der Waals surface area contributed by atoms with Crippen LogP contribution in [0.25, 0.3) is 6.08 Å². The van der Waals surface area contributed by atoms with Gasteiger partial charge in [-0.05, 0) is 29.3 Å². The summed E-state index contributed by atoms with van der Waals surface area (Å²) < 4.78 is 26.4. The van der Waals surface area contributed by atoms with E-state index in [1.807, 2.05) is 30.4 Å². The Hall–Kier alpha value is -2.44. The number of hydrogen-bond acceptors (Lipinski definition) is 6. The van der Waals surface area contributed by atoms with Crippen LogP contribution in [0.15, 0.2) is 41.7 Å². The Balaban J connectivity index is 2.31. The summed E-state index contributed by atoms with van der Waals surface area (Å²) in [5, 5.41) is 10.5. The third-order valence-electron chi connectivity index (χ3n) is 4.01. The van der Waals surface area contributed by atoms with Gasteiger partial charge in [-0.15, -0.1) is 0 Å². The maximum absolute atomic E-state index is 10.5. The number of ether oxygens (including phenoxy) is 5. The van der Waals surface area contributed by atoms with Crippen molar-refractivity contribution in [2.45, 2.75) is 12.2 Å². The first-order valence-electron chi connectivity index (χ1n) is 7.72. The van der Waals surface area contributed by atoms with Gasteiger partial charge in [0, 0.05) is 13.5 Å². The van der Waals surface area contributed by atoms with Crippen molar-refractivity contribution in [3.8, 4) is 17.2 Å². The van der Waals surface area contributed by atoms with Crippen LogP contribution in [0, 0.1) is 0 Å². The first kappa shape index (κ1) is 18.9. The maximum Gasteiger partial charge on any atom is 0.229 e. The minimum atomic E-state index is -1.46. The lowest BCUT2D eigenvalue weighted by molar-refractivity contribution is -0.178. The predicted molar refractivity (Wildman–Crippen MR) is 94.9 cm³/mol. The molecule has 1 aliphatic carbocycles. The zero-order valence-electron chi connectivity index (χ0n) is 15.2. The molecule has 0 aromatic heterocycles. The van der Waals surface area contributed by atoms with E-state index in [4.69, 9.17) is 23.7 Å². The van der Waals surface area contributed by atoms with Crippen LogP contribution >= 0.6 is 0 Å². The second-order valence-electron chi connectivity index (χ2n) is 5.43. The zero-order chi connectivity index (χ0) is 18.4. The van der Waals surface area contributed by atoms with Crippen molar-refractivity contribution < 1.29 is 28.8 Å². The molecule has 6 heteroatoms. The van der Waals surface area contributed by atoms with E-state index in [9.17, 15) is 5.11 Å². The molecule has 0 fully saturated rings. The highest BCUT2D eigenvalue weighted by molar-refractivity contribution is 5.63. The molecule has 1 N–H and O–H groups in total. The van der Waals surface area contributed by atoms with Crippen LogP contribution in [0.3, 0.4) is 0 Å². The molecule has 0 spiro atoms. The van der Waals surface area contributed by atoms with Gasteiger partial charge in [0.05, 0.1) is 28.4 Å². The molecule has 25 heavy (non-hydrogen) atoms. The summed E-state index contributed by atoms with van der Waals surface area (Å²) in [5.41, 5.74) is 1.76. The van der Waals surface area contributed by atoms with Crippen molar-refractivity contribution in [3.05, 3.63) is 47.3 Å². The topological polar surface area (TPSA) is 66.4 Å². The summed E-state index contributed by atoms with van der Waals surface area (Å²) in [6, 6.07) is 3.69. The van der Waals surface area contributed by atoms with E-state index in [1.54, 1.807) is 27.4 Å². The molecule has 136 valence electrons. The Bertz CT molecular complexity index is 679. The van der Waals surface area contributed by atoms with Gasteiger partial charge >= 0.3 is 0 Å². The molecule has 0 saturated heterocycles. The summed E-state index contributed by atoms with van der Waals surface area (Å²) in [7, 11) is 7.65. The van der Waals surface area contributed by atoms with Crippen LogP contribution in [0.5, 0.6) is 17.2 Å². The number of benzene rings is 1. The molecule has 1 aliphatic rings. The van der Waals surface area contributed by atoms with Gasteiger partial charge in [0.25, 0.3) is 0 Å². The van der Waals surface area contributed by atoms with E-state index in [2.05, 4.69) is 0 Å². The quantitative estimate of drug-likeness (QED) is 0.764. The van der Waals surface area contributed by atoms with E-state index in [-0.39, 0.29) is 6.42 Å². The number of rotatable bonds is 7. The van der Waals surface area contributed by atoms with E-state index in [1.165, 1.54) is 14.2 Å². The SMILES string of the molecule is COC1=CC=C(/C=C\c2cc(OC)c(OC)c(OC)c2)CC1(O)OC. The molecule has 0 radical (unpaired) electrons. The number of hydrogen-bond donors (Lipinski definition) is 1. The van der Waals surface area contributed by atoms with Gasteiger partial charge in [0.1, 0.15) is 0 Å². The molecule has 0 aliphatic heterocycles. The third kappa shape index (κ3) is 3.97. The van der Waals surface area contributed by atoms with Crippen LogP contribution in [-0.4, -0.2) is 46.4 Å². The normalized spacial score (nSPS) is 20.1. The highest BCUT2D eigenvalue weighted by Gasteiger charge is 2.35. The molecule has 6 nitrogen and oxygen atoms in total. The molecular weight excluding hydrogens is 324 g/mol. The van der Waals surface area contributed by atoms with Crippen molar-refractivity contribution in [1.29, 1.82) is 0 Å². The molecule has 0 bridgehead atoms. The fraction of sp³-hybridized carbons (Fsp3) is 0.368. The molecule has 0 amide bonds. The largest absolute Gasteiger partial charge is 0.495 e. The summed E-state index contributed by atoms with van der Waals surface area (Å²) >= 11 is 0. The molecule has 1 unspecified atom stereocenters. The van der Waals surface area contributed by atoms with Crippen LogP contribution in [0.2, 0.25) is 0 Å². The van der Waals surface area contributed by atoms with Crippen molar-refractivity contribution in [2.24, 2.45) is 0 Å². The second-order valence-corrected chi connectivity index (χ2v) is 5.43. The summed E-state index contributed by atoms with van der Waals surface area (Å²) in [5.74, 6) is 0.613. The molecule has 1 aromatic carbocycles. The lowest BCUT2D eigenvalue weighted by Gasteiger charge is -2.30. The van der Waals surface area contributed by atoms with Gasteiger partial charge in [0.15, 0.2) is 17.3 Å². The standard InChI is InChI=1S/C19H24O6/c1-21-15-10-14(11-16(22-2)18(15)24-4)7-6-13-8-9-17(23-3)19(20,12-13)25-5/h6-11,20H,12H2,1-5H3/b7-6-. The Morgan fingerprint density at radius 1 is 0.880 bits per heavy atom. The van der Waals surface area contributed by atoms with E-state index in [0.717, 1.165) is 11.1 Å². The van der Waals surface area contributed by atoms with Gasteiger partial charge in [0.2, 0.25) is 11.5 Å². The van der Waals surface area contributed by atoms with Gasteiger partial charge in [-0.25, -0.2) is 0 Å². The molecule has 0 saturated carbocycles. The van der Waals surface area contributed by atoms with Gasteiger partial charge < -0.3 is 28.8 Å². The average Bonchev–Trinajstić information content (AvgIpc) is 2.65. The third-order valence-corrected chi connectivity index (χ3v) is 4.01. The summed E-state index contributed by atoms with van der Waals surface area (Å²) in [6.45, 7) is 0. The lowest BCUT2D eigenvalue weighted by Crippen LogP contribution is -2.36. The van der Waals surface area contributed by atoms with E-state index >= 15 is 0 Å². The lowest BCUT2D eigenvalue weighted by atomic mass is 9.96. The molecule has 0 heterocycles. The fourth-order valence-electron chi connectivity index (χ4n) is 2.65. The maximum atomic E-state index is 10.5. The van der Waals surface area contributed by atoms with Crippen molar-refractivity contribution >= 4 is 6.08 Å².